The lowest BCUT2D eigenvalue weighted by Crippen LogP contribution is -2.53. The first-order chi connectivity index (χ1) is 17.6. The first kappa shape index (κ1) is 27.9. The van der Waals surface area contributed by atoms with E-state index < -0.39 is 28.5 Å². The molecule has 0 saturated carbocycles. The highest BCUT2D eigenvalue weighted by Gasteiger charge is 2.32. The topological polar surface area (TPSA) is 86.8 Å². The molecule has 0 fully saturated rings. The zero-order valence-electron chi connectivity index (χ0n) is 21.8. The van der Waals surface area contributed by atoms with Gasteiger partial charge in [-0.05, 0) is 49.6 Å². The molecule has 3 aromatic rings. The van der Waals surface area contributed by atoms with E-state index in [1.165, 1.54) is 4.90 Å². The zero-order valence-corrected chi connectivity index (χ0v) is 22.7. The third-order valence-corrected chi connectivity index (χ3v) is 7.17. The van der Waals surface area contributed by atoms with Crippen molar-refractivity contribution < 1.29 is 18.0 Å². The van der Waals surface area contributed by atoms with Crippen LogP contribution in [-0.2, 0) is 32.6 Å². The molecule has 1 unspecified atom stereocenters. The van der Waals surface area contributed by atoms with Crippen LogP contribution in [0.3, 0.4) is 0 Å². The van der Waals surface area contributed by atoms with Gasteiger partial charge in [0.25, 0.3) is 0 Å². The fourth-order valence-electron chi connectivity index (χ4n) is 4.25. The van der Waals surface area contributed by atoms with Crippen molar-refractivity contribution in [2.75, 3.05) is 23.7 Å². The molecule has 3 rings (SSSR count). The lowest BCUT2D eigenvalue weighted by Gasteiger charge is -2.33. The van der Waals surface area contributed by atoms with Crippen molar-refractivity contribution in [3.8, 4) is 0 Å². The van der Waals surface area contributed by atoms with Gasteiger partial charge in [-0.3, -0.25) is 13.9 Å². The summed E-state index contributed by atoms with van der Waals surface area (Å²) in [6.45, 7) is 5.81. The number of likely N-dealkylation sites (N-methyl/N-ethyl adjacent to an activating group) is 1. The molecule has 0 spiro atoms. The Bertz CT molecular complexity index is 1330. The summed E-state index contributed by atoms with van der Waals surface area (Å²) in [5.74, 6) is -0.741. The van der Waals surface area contributed by atoms with Gasteiger partial charge >= 0.3 is 0 Å². The van der Waals surface area contributed by atoms with Gasteiger partial charge < -0.3 is 10.2 Å². The molecule has 0 aliphatic carbocycles. The maximum absolute atomic E-state index is 13.9. The highest BCUT2D eigenvalue weighted by Crippen LogP contribution is 2.21. The SMILES string of the molecule is CCNC(=O)C(Cc1ccccc1)N(Cc1cccc(C)c1)C(=O)CN(c1cccc(C)c1)S(C)(=O)=O. The lowest BCUT2D eigenvalue weighted by molar-refractivity contribution is -0.140. The lowest BCUT2D eigenvalue weighted by atomic mass is 10.0. The van der Waals surface area contributed by atoms with Gasteiger partial charge in [-0.1, -0.05) is 72.3 Å². The number of hydrogen-bond acceptors (Lipinski definition) is 4. The number of rotatable bonds is 11. The van der Waals surface area contributed by atoms with Crippen LogP contribution in [0.5, 0.6) is 0 Å². The molecule has 7 nitrogen and oxygen atoms in total. The largest absolute Gasteiger partial charge is 0.355 e. The van der Waals surface area contributed by atoms with Crippen LogP contribution in [0.15, 0.2) is 78.9 Å². The molecular weight excluding hydrogens is 486 g/mol. The van der Waals surface area contributed by atoms with Crippen molar-refractivity contribution in [1.29, 1.82) is 0 Å². The fraction of sp³-hybridized carbons (Fsp3) is 0.310. The summed E-state index contributed by atoms with van der Waals surface area (Å²) in [5, 5.41) is 2.86. The Labute approximate surface area is 220 Å². The predicted octanol–water partition coefficient (Wildman–Crippen LogP) is 3.85. The van der Waals surface area contributed by atoms with Crippen molar-refractivity contribution in [3.63, 3.8) is 0 Å². The summed E-state index contributed by atoms with van der Waals surface area (Å²) >= 11 is 0. The highest BCUT2D eigenvalue weighted by atomic mass is 32.2. The van der Waals surface area contributed by atoms with Crippen LogP contribution >= 0.6 is 0 Å². The predicted molar refractivity (Wildman–Crippen MR) is 148 cm³/mol. The minimum absolute atomic E-state index is 0.167. The number of anilines is 1. The second kappa shape index (κ2) is 12.5. The summed E-state index contributed by atoms with van der Waals surface area (Å²) in [7, 11) is -3.77. The third-order valence-electron chi connectivity index (χ3n) is 6.03. The molecule has 2 amide bonds. The van der Waals surface area contributed by atoms with Gasteiger partial charge in [-0.25, -0.2) is 8.42 Å². The number of benzene rings is 3. The smallest absolute Gasteiger partial charge is 0.244 e. The Hall–Kier alpha value is -3.65. The Morgan fingerprint density at radius 1 is 0.865 bits per heavy atom. The molecule has 0 bridgehead atoms. The normalized spacial score (nSPS) is 12.0. The molecule has 0 saturated heterocycles. The summed E-state index contributed by atoms with van der Waals surface area (Å²) in [4.78, 5) is 28.7. The van der Waals surface area contributed by atoms with Crippen molar-refractivity contribution in [2.24, 2.45) is 0 Å². The zero-order chi connectivity index (χ0) is 27.0. The van der Waals surface area contributed by atoms with Crippen molar-refractivity contribution in [2.45, 2.75) is 39.8 Å². The Morgan fingerprint density at radius 2 is 1.49 bits per heavy atom. The monoisotopic (exact) mass is 521 g/mol. The Balaban J connectivity index is 2.04. The van der Waals surface area contributed by atoms with E-state index in [2.05, 4.69) is 5.32 Å². The van der Waals surface area contributed by atoms with Gasteiger partial charge in [-0.15, -0.1) is 0 Å². The summed E-state index contributed by atoms with van der Waals surface area (Å²) in [5.41, 5.74) is 4.07. The van der Waals surface area contributed by atoms with E-state index in [4.69, 9.17) is 0 Å². The summed E-state index contributed by atoms with van der Waals surface area (Å²) in [6, 6.07) is 23.4. The minimum atomic E-state index is -3.77. The van der Waals surface area contributed by atoms with Gasteiger partial charge in [0.1, 0.15) is 12.6 Å². The second-order valence-electron chi connectivity index (χ2n) is 9.22. The average molecular weight is 522 g/mol. The van der Waals surface area contributed by atoms with Crippen LogP contribution in [0.2, 0.25) is 0 Å². The molecule has 1 atom stereocenters. The number of aryl methyl sites for hydroxylation is 2. The van der Waals surface area contributed by atoms with Crippen molar-refractivity contribution >= 4 is 27.5 Å². The van der Waals surface area contributed by atoms with E-state index in [0.29, 0.717) is 18.7 Å². The van der Waals surface area contributed by atoms with Crippen LogP contribution in [-0.4, -0.2) is 50.5 Å². The standard InChI is InChI=1S/C29H35N3O4S/c1-5-30-29(34)27(19-24-13-7-6-8-14-24)31(20-25-15-9-11-22(2)17-25)28(33)21-32(37(4,35)36)26-16-10-12-23(3)18-26/h6-18,27H,5,19-21H2,1-4H3,(H,30,34). The van der Waals surface area contributed by atoms with Crippen LogP contribution in [0.25, 0.3) is 0 Å². The molecule has 37 heavy (non-hydrogen) atoms. The number of carbonyl (C=O) groups excluding carboxylic acids is 2. The molecule has 0 heterocycles. The van der Waals surface area contributed by atoms with E-state index in [1.54, 1.807) is 18.2 Å². The number of nitrogens with zero attached hydrogens (tertiary/aromatic N) is 2. The number of nitrogens with one attached hydrogen (secondary N) is 1. The van der Waals surface area contributed by atoms with Gasteiger partial charge in [0.15, 0.2) is 0 Å². The number of hydrogen-bond donors (Lipinski definition) is 1. The molecule has 0 aromatic heterocycles. The highest BCUT2D eigenvalue weighted by molar-refractivity contribution is 7.92. The molecule has 196 valence electrons. The van der Waals surface area contributed by atoms with Crippen LogP contribution in [0, 0.1) is 13.8 Å². The van der Waals surface area contributed by atoms with Gasteiger partial charge in [0.05, 0.1) is 11.9 Å². The number of carbonyl (C=O) groups is 2. The quantitative estimate of drug-likeness (QED) is 0.415. The first-order valence-electron chi connectivity index (χ1n) is 12.3. The van der Waals surface area contributed by atoms with E-state index in [1.807, 2.05) is 81.4 Å². The summed E-state index contributed by atoms with van der Waals surface area (Å²) < 4.78 is 26.7. The van der Waals surface area contributed by atoms with Crippen molar-refractivity contribution in [3.05, 3.63) is 101 Å². The average Bonchev–Trinajstić information content (AvgIpc) is 2.84. The number of amides is 2. The molecule has 0 aliphatic heterocycles. The third kappa shape index (κ3) is 7.92. The maximum atomic E-state index is 13.9. The van der Waals surface area contributed by atoms with E-state index in [-0.39, 0.29) is 12.5 Å². The first-order valence-corrected chi connectivity index (χ1v) is 14.1. The van der Waals surface area contributed by atoms with Crippen LogP contribution in [0.1, 0.15) is 29.2 Å². The molecule has 0 radical (unpaired) electrons. The van der Waals surface area contributed by atoms with Gasteiger partial charge in [0.2, 0.25) is 21.8 Å². The minimum Gasteiger partial charge on any atom is -0.355 e. The Kier molecular flexibility index (Phi) is 9.47. The maximum Gasteiger partial charge on any atom is 0.244 e. The molecule has 1 N–H and O–H groups in total. The number of sulfonamides is 1. The second-order valence-corrected chi connectivity index (χ2v) is 11.1. The van der Waals surface area contributed by atoms with Crippen LogP contribution in [0.4, 0.5) is 5.69 Å². The van der Waals surface area contributed by atoms with Crippen LogP contribution < -0.4 is 9.62 Å². The Morgan fingerprint density at radius 3 is 2.08 bits per heavy atom. The summed E-state index contributed by atoms with van der Waals surface area (Å²) in [6.07, 6.45) is 1.38. The fourth-order valence-corrected chi connectivity index (χ4v) is 5.09. The molecule has 0 aliphatic rings. The van der Waals surface area contributed by atoms with Crippen molar-refractivity contribution in [1.82, 2.24) is 10.2 Å². The van der Waals surface area contributed by atoms with E-state index in [9.17, 15) is 18.0 Å². The van der Waals surface area contributed by atoms with Gasteiger partial charge in [-0.2, -0.15) is 0 Å². The van der Waals surface area contributed by atoms with E-state index in [0.717, 1.165) is 32.8 Å². The molecule has 3 aromatic carbocycles. The van der Waals surface area contributed by atoms with E-state index >= 15 is 0 Å². The molecular formula is C29H35N3O4S. The molecule has 8 heteroatoms. The van der Waals surface area contributed by atoms with Gasteiger partial charge in [0, 0.05) is 19.5 Å².